The van der Waals surface area contributed by atoms with Crippen molar-refractivity contribution in [2.24, 2.45) is 0 Å². The molecule has 0 saturated carbocycles. The summed E-state index contributed by atoms with van der Waals surface area (Å²) in [6, 6.07) is 0.650. The van der Waals surface area contributed by atoms with E-state index in [9.17, 15) is 4.21 Å². The maximum absolute atomic E-state index is 11.3. The first kappa shape index (κ1) is 13.5. The molecule has 5 nitrogen and oxygen atoms in total. The van der Waals surface area contributed by atoms with E-state index in [1.807, 2.05) is 0 Å². The predicted molar refractivity (Wildman–Crippen MR) is 73.2 cm³/mol. The van der Waals surface area contributed by atoms with Crippen LogP contribution in [0.3, 0.4) is 0 Å². The van der Waals surface area contributed by atoms with Crippen molar-refractivity contribution in [3.63, 3.8) is 0 Å². The minimum Gasteiger partial charge on any atom is -0.432 e. The Labute approximate surface area is 110 Å². The second kappa shape index (κ2) is 5.40. The summed E-state index contributed by atoms with van der Waals surface area (Å²) >= 11 is 0. The molecule has 0 atom stereocenters. The Morgan fingerprint density at radius 3 is 2.72 bits per heavy atom. The molecule has 102 valence electrons. The van der Waals surface area contributed by atoms with Gasteiger partial charge in [-0.3, -0.25) is 4.21 Å². The monoisotopic (exact) mass is 271 g/mol. The Hall–Kier alpha value is -0.880. The third-order valence-electron chi connectivity index (χ3n) is 2.79. The molecule has 1 N–H and O–H groups in total. The number of hydrogen-bond donors (Lipinski definition) is 1. The van der Waals surface area contributed by atoms with E-state index < -0.39 is 10.8 Å². The van der Waals surface area contributed by atoms with E-state index in [0.29, 0.717) is 24.1 Å². The number of hydrogen-bond acceptors (Lipinski definition) is 5. The first-order valence-corrected chi connectivity index (χ1v) is 7.72. The summed E-state index contributed by atoms with van der Waals surface area (Å²) < 4.78 is 16.8. The summed E-state index contributed by atoms with van der Waals surface area (Å²) in [4.78, 5) is 6.52. The zero-order valence-electron chi connectivity index (χ0n) is 11.2. The van der Waals surface area contributed by atoms with Crippen LogP contribution in [0.15, 0.2) is 10.7 Å². The van der Waals surface area contributed by atoms with Crippen LogP contribution in [0.5, 0.6) is 0 Å². The van der Waals surface area contributed by atoms with Gasteiger partial charge in [0.15, 0.2) is 0 Å². The van der Waals surface area contributed by atoms with Gasteiger partial charge in [0.05, 0.1) is 5.69 Å². The summed E-state index contributed by atoms with van der Waals surface area (Å²) in [7, 11) is -0.667. The van der Waals surface area contributed by atoms with Gasteiger partial charge < -0.3 is 14.6 Å². The lowest BCUT2D eigenvalue weighted by Crippen LogP contribution is -2.38. The molecule has 0 radical (unpaired) electrons. The fraction of sp³-hybridized carbons (Fsp3) is 0.750. The Morgan fingerprint density at radius 2 is 2.11 bits per heavy atom. The molecule has 0 spiro atoms. The van der Waals surface area contributed by atoms with Gasteiger partial charge in [0.1, 0.15) is 6.26 Å². The predicted octanol–water partition coefficient (Wildman–Crippen LogP) is 1.13. The Kier molecular flexibility index (Phi) is 4.07. The molecular weight excluding hydrogens is 250 g/mol. The van der Waals surface area contributed by atoms with E-state index in [0.717, 1.165) is 18.8 Å². The number of aromatic nitrogens is 1. The Morgan fingerprint density at radius 1 is 1.44 bits per heavy atom. The highest BCUT2D eigenvalue weighted by molar-refractivity contribution is 7.85. The zero-order valence-corrected chi connectivity index (χ0v) is 12.0. The van der Waals surface area contributed by atoms with Gasteiger partial charge in [0.2, 0.25) is 0 Å². The lowest BCUT2D eigenvalue weighted by atomic mass is 10.1. The average molecular weight is 271 g/mol. The van der Waals surface area contributed by atoms with E-state index in [1.165, 1.54) is 0 Å². The molecule has 0 amide bonds. The smallest absolute Gasteiger partial charge is 0.297 e. The number of nitrogens with one attached hydrogen (secondary N) is 1. The Balaban J connectivity index is 1.91. The van der Waals surface area contributed by atoms with Crippen molar-refractivity contribution in [3.8, 4) is 0 Å². The van der Waals surface area contributed by atoms with Gasteiger partial charge in [-0.1, -0.05) is 0 Å². The molecule has 0 aromatic carbocycles. The zero-order chi connectivity index (χ0) is 13.2. The molecule has 1 saturated heterocycles. The summed E-state index contributed by atoms with van der Waals surface area (Å²) in [6.07, 6.45) is 1.69. The molecule has 1 aliphatic rings. The molecule has 1 aliphatic heterocycles. The third-order valence-corrected chi connectivity index (χ3v) is 4.06. The molecule has 2 heterocycles. The van der Waals surface area contributed by atoms with Crippen LogP contribution in [0.25, 0.3) is 0 Å². The minimum atomic E-state index is -0.667. The number of rotatable bonds is 3. The van der Waals surface area contributed by atoms with Gasteiger partial charge in [-0.15, -0.1) is 0 Å². The minimum absolute atomic E-state index is 0.0706. The van der Waals surface area contributed by atoms with E-state index in [2.05, 4.69) is 36.0 Å². The lowest BCUT2D eigenvalue weighted by Gasteiger charge is -2.24. The average Bonchev–Trinajstić information content (AvgIpc) is 2.75. The van der Waals surface area contributed by atoms with E-state index >= 15 is 0 Å². The summed E-state index contributed by atoms with van der Waals surface area (Å²) in [6.45, 7) is 8.58. The van der Waals surface area contributed by atoms with Gasteiger partial charge in [-0.05, 0) is 20.8 Å². The number of nitrogens with zero attached hydrogens (tertiary/aromatic N) is 2. The second-order valence-electron chi connectivity index (χ2n) is 5.56. The van der Waals surface area contributed by atoms with Crippen LogP contribution in [-0.2, 0) is 17.3 Å². The topological polar surface area (TPSA) is 58.4 Å². The molecule has 18 heavy (non-hydrogen) atoms. The molecule has 1 fully saturated rings. The van der Waals surface area contributed by atoms with Crippen LogP contribution < -0.4 is 10.2 Å². The van der Waals surface area contributed by atoms with E-state index in [4.69, 9.17) is 4.42 Å². The number of oxazole rings is 1. The van der Waals surface area contributed by atoms with Crippen LogP contribution in [0.2, 0.25) is 0 Å². The third kappa shape index (κ3) is 3.81. The summed E-state index contributed by atoms with van der Waals surface area (Å²) in [5.74, 6) is 1.41. The van der Waals surface area contributed by atoms with Gasteiger partial charge in [-0.2, -0.15) is 4.98 Å². The van der Waals surface area contributed by atoms with Crippen molar-refractivity contribution in [1.29, 1.82) is 0 Å². The molecule has 0 aliphatic carbocycles. The highest BCUT2D eigenvalue weighted by atomic mass is 32.2. The summed E-state index contributed by atoms with van der Waals surface area (Å²) in [5, 5.41) is 3.37. The quantitative estimate of drug-likeness (QED) is 0.893. The standard InChI is InChI=1S/C12H21N3O2S/c1-12(2,3)13-8-10-9-17-11(14-10)15-4-6-18(16)7-5-15/h9,13H,4-8H2,1-3H3. The van der Waals surface area contributed by atoms with E-state index in [1.54, 1.807) is 6.26 Å². The highest BCUT2D eigenvalue weighted by Gasteiger charge is 2.19. The maximum atomic E-state index is 11.3. The molecule has 6 heteroatoms. The molecule has 0 bridgehead atoms. The Bertz CT molecular complexity index is 415. The number of anilines is 1. The van der Waals surface area contributed by atoms with Crippen molar-refractivity contribution >= 4 is 16.8 Å². The molecule has 0 unspecified atom stereocenters. The SMILES string of the molecule is CC(C)(C)NCc1coc(N2CCS(=O)CC2)n1. The summed E-state index contributed by atoms with van der Waals surface area (Å²) in [5.41, 5.74) is 0.979. The molecule has 1 aromatic rings. The molecule has 2 rings (SSSR count). The van der Waals surface area contributed by atoms with Crippen molar-refractivity contribution in [2.45, 2.75) is 32.9 Å². The largest absolute Gasteiger partial charge is 0.432 e. The maximum Gasteiger partial charge on any atom is 0.297 e. The van der Waals surface area contributed by atoms with Gasteiger partial charge in [0, 0.05) is 47.5 Å². The van der Waals surface area contributed by atoms with E-state index in [-0.39, 0.29) is 5.54 Å². The van der Waals surface area contributed by atoms with Gasteiger partial charge in [-0.25, -0.2) is 0 Å². The molecule has 1 aromatic heterocycles. The van der Waals surface area contributed by atoms with Crippen LogP contribution in [-0.4, -0.2) is 39.3 Å². The van der Waals surface area contributed by atoms with Crippen molar-refractivity contribution in [2.75, 3.05) is 29.5 Å². The van der Waals surface area contributed by atoms with Crippen molar-refractivity contribution < 1.29 is 8.63 Å². The van der Waals surface area contributed by atoms with Crippen LogP contribution >= 0.6 is 0 Å². The lowest BCUT2D eigenvalue weighted by molar-refractivity contribution is 0.421. The first-order chi connectivity index (χ1) is 8.44. The molecular formula is C12H21N3O2S. The van der Waals surface area contributed by atoms with Crippen molar-refractivity contribution in [3.05, 3.63) is 12.0 Å². The van der Waals surface area contributed by atoms with Crippen LogP contribution in [0.4, 0.5) is 6.01 Å². The van der Waals surface area contributed by atoms with Gasteiger partial charge in [0.25, 0.3) is 6.01 Å². The van der Waals surface area contributed by atoms with Crippen LogP contribution in [0, 0.1) is 0 Å². The van der Waals surface area contributed by atoms with Crippen LogP contribution in [0.1, 0.15) is 26.5 Å². The normalized spacial score (nSPS) is 18.3. The highest BCUT2D eigenvalue weighted by Crippen LogP contribution is 2.16. The first-order valence-electron chi connectivity index (χ1n) is 6.23. The fourth-order valence-electron chi connectivity index (χ4n) is 1.71. The van der Waals surface area contributed by atoms with Gasteiger partial charge >= 0.3 is 0 Å². The second-order valence-corrected chi connectivity index (χ2v) is 7.26. The van der Waals surface area contributed by atoms with Crippen molar-refractivity contribution in [1.82, 2.24) is 10.3 Å². The fourth-order valence-corrected chi connectivity index (χ4v) is 2.76.